The standard InChI is InChI=1S/C45H37F2N3/c1-44(2,3)29-15-17-35-33-11-7-9-13-37(33)49(39(35)23-29)41-19-27(26-48)20-42(43(41)28-21-31(46)25-32(47)22-28)50-38-14-10-8-12-34(38)36-18-16-30(24-40(36)50)45(4,5)6/h7-25H,1-6H3. The maximum Gasteiger partial charge on any atom is 0.126 e. The van der Waals surface area contributed by atoms with Gasteiger partial charge in [0.05, 0.1) is 45.1 Å². The zero-order valence-corrected chi connectivity index (χ0v) is 29.1. The molecule has 50 heavy (non-hydrogen) atoms. The second-order valence-corrected chi connectivity index (χ2v) is 15.3. The molecule has 0 amide bonds. The molecular formula is C45H37F2N3. The lowest BCUT2D eigenvalue weighted by Gasteiger charge is -2.23. The number of fused-ring (bicyclic) bond motifs is 6. The van der Waals surface area contributed by atoms with Gasteiger partial charge in [-0.05, 0) is 76.1 Å². The van der Waals surface area contributed by atoms with Crippen LogP contribution in [-0.4, -0.2) is 9.13 Å². The summed E-state index contributed by atoms with van der Waals surface area (Å²) >= 11 is 0. The second-order valence-electron chi connectivity index (χ2n) is 15.3. The average Bonchev–Trinajstić information content (AvgIpc) is 3.58. The van der Waals surface area contributed by atoms with Crippen molar-refractivity contribution in [3.05, 3.63) is 144 Å². The molecule has 0 aliphatic carbocycles. The quantitative estimate of drug-likeness (QED) is 0.186. The largest absolute Gasteiger partial charge is 0.308 e. The third kappa shape index (κ3) is 4.98. The first-order valence-corrected chi connectivity index (χ1v) is 17.0. The molecule has 0 fully saturated rings. The Balaban J connectivity index is 1.61. The summed E-state index contributed by atoms with van der Waals surface area (Å²) in [6.07, 6.45) is 0. The van der Waals surface area contributed by atoms with E-state index in [1.54, 1.807) is 0 Å². The van der Waals surface area contributed by atoms with E-state index in [1.165, 1.54) is 12.1 Å². The lowest BCUT2D eigenvalue weighted by molar-refractivity contribution is 0.584. The molecule has 0 saturated heterocycles. The minimum absolute atomic E-state index is 0.128. The molecule has 8 rings (SSSR count). The zero-order chi connectivity index (χ0) is 35.1. The van der Waals surface area contributed by atoms with E-state index >= 15 is 8.78 Å². The fourth-order valence-electron chi connectivity index (χ4n) is 7.42. The summed E-state index contributed by atoms with van der Waals surface area (Å²) in [5.74, 6) is -1.34. The van der Waals surface area contributed by atoms with E-state index in [1.807, 2.05) is 36.4 Å². The van der Waals surface area contributed by atoms with Crippen LogP contribution in [-0.2, 0) is 10.8 Å². The van der Waals surface area contributed by atoms with E-state index in [2.05, 4.69) is 117 Å². The zero-order valence-electron chi connectivity index (χ0n) is 29.1. The number of benzene rings is 6. The smallest absolute Gasteiger partial charge is 0.126 e. The van der Waals surface area contributed by atoms with Crippen molar-refractivity contribution in [2.45, 2.75) is 52.4 Å². The van der Waals surface area contributed by atoms with Gasteiger partial charge in [0.1, 0.15) is 11.6 Å². The molecule has 0 N–H and O–H groups in total. The summed E-state index contributed by atoms with van der Waals surface area (Å²) in [4.78, 5) is 0. The molecule has 0 saturated carbocycles. The number of hydrogen-bond acceptors (Lipinski definition) is 1. The van der Waals surface area contributed by atoms with Gasteiger partial charge in [0.2, 0.25) is 0 Å². The number of rotatable bonds is 3. The molecule has 5 heteroatoms. The van der Waals surface area contributed by atoms with Crippen LogP contribution in [0.3, 0.4) is 0 Å². The van der Waals surface area contributed by atoms with Crippen LogP contribution in [0.1, 0.15) is 58.2 Å². The molecule has 0 unspecified atom stereocenters. The minimum atomic E-state index is -0.671. The molecule has 0 aliphatic heterocycles. The SMILES string of the molecule is CC(C)(C)c1ccc2c3ccccc3n(-c3cc(C#N)cc(-n4c5ccccc5c5ccc(C(C)(C)C)cc54)c3-c3cc(F)cc(F)c3)c2c1. The number of aromatic nitrogens is 2. The number of para-hydroxylation sites is 2. The first-order valence-electron chi connectivity index (χ1n) is 17.0. The van der Waals surface area contributed by atoms with Crippen LogP contribution in [0.25, 0.3) is 66.1 Å². The second kappa shape index (κ2) is 11.1. The maximum atomic E-state index is 15.3. The van der Waals surface area contributed by atoms with Gasteiger partial charge >= 0.3 is 0 Å². The summed E-state index contributed by atoms with van der Waals surface area (Å²) in [7, 11) is 0. The van der Waals surface area contributed by atoms with Gasteiger partial charge in [-0.3, -0.25) is 0 Å². The molecule has 0 radical (unpaired) electrons. The predicted molar refractivity (Wildman–Crippen MR) is 203 cm³/mol. The first-order chi connectivity index (χ1) is 23.8. The number of hydrogen-bond donors (Lipinski definition) is 0. The molecule has 2 aromatic heterocycles. The lowest BCUT2D eigenvalue weighted by Crippen LogP contribution is -2.11. The monoisotopic (exact) mass is 657 g/mol. The fourth-order valence-corrected chi connectivity index (χ4v) is 7.42. The summed E-state index contributed by atoms with van der Waals surface area (Å²) in [6, 6.07) is 39.3. The van der Waals surface area contributed by atoms with Crippen molar-refractivity contribution >= 4 is 43.6 Å². The third-order valence-electron chi connectivity index (χ3n) is 9.94. The highest BCUT2D eigenvalue weighted by Crippen LogP contribution is 2.44. The Hall–Kier alpha value is -5.73. The van der Waals surface area contributed by atoms with E-state index < -0.39 is 11.6 Å². The van der Waals surface area contributed by atoms with Gasteiger partial charge in [0.25, 0.3) is 0 Å². The highest BCUT2D eigenvalue weighted by atomic mass is 19.1. The van der Waals surface area contributed by atoms with Crippen LogP contribution < -0.4 is 0 Å². The Morgan fingerprint density at radius 1 is 0.500 bits per heavy atom. The molecule has 0 spiro atoms. The Morgan fingerprint density at radius 3 is 1.34 bits per heavy atom. The molecule has 6 aromatic carbocycles. The molecule has 0 aliphatic rings. The van der Waals surface area contributed by atoms with Crippen molar-refractivity contribution in [1.82, 2.24) is 9.13 Å². The van der Waals surface area contributed by atoms with Gasteiger partial charge in [0.15, 0.2) is 0 Å². The topological polar surface area (TPSA) is 33.6 Å². The van der Waals surface area contributed by atoms with Gasteiger partial charge < -0.3 is 9.13 Å². The van der Waals surface area contributed by atoms with Crippen molar-refractivity contribution in [1.29, 1.82) is 5.26 Å². The molecule has 3 nitrogen and oxygen atoms in total. The molecule has 2 heterocycles. The van der Waals surface area contributed by atoms with Gasteiger partial charge in [-0.15, -0.1) is 0 Å². The van der Waals surface area contributed by atoms with E-state index in [-0.39, 0.29) is 10.8 Å². The van der Waals surface area contributed by atoms with Crippen LogP contribution in [0.5, 0.6) is 0 Å². The van der Waals surface area contributed by atoms with Crippen LogP contribution in [0.15, 0.2) is 115 Å². The fraction of sp³-hybridized carbons (Fsp3) is 0.178. The summed E-state index contributed by atoms with van der Waals surface area (Å²) in [5.41, 5.74) is 8.60. The van der Waals surface area contributed by atoms with Crippen molar-refractivity contribution in [3.63, 3.8) is 0 Å². The average molecular weight is 658 g/mol. The van der Waals surface area contributed by atoms with E-state index in [0.29, 0.717) is 28.1 Å². The number of halogens is 2. The third-order valence-corrected chi connectivity index (χ3v) is 9.94. The number of nitrogens with zero attached hydrogens (tertiary/aromatic N) is 3. The Bertz CT molecular complexity index is 2530. The predicted octanol–water partition coefficient (Wildman–Crippen LogP) is 12.3. The van der Waals surface area contributed by atoms with E-state index in [4.69, 9.17) is 0 Å². The molecular weight excluding hydrogens is 621 g/mol. The maximum absolute atomic E-state index is 15.3. The summed E-state index contributed by atoms with van der Waals surface area (Å²) < 4.78 is 34.9. The Kier molecular flexibility index (Phi) is 7.03. The highest BCUT2D eigenvalue weighted by molar-refractivity contribution is 6.12. The van der Waals surface area contributed by atoms with Gasteiger partial charge in [-0.2, -0.15) is 5.26 Å². The van der Waals surface area contributed by atoms with Crippen molar-refractivity contribution in [2.75, 3.05) is 0 Å². The summed E-state index contributed by atoms with van der Waals surface area (Å²) in [5, 5.41) is 14.8. The minimum Gasteiger partial charge on any atom is -0.308 e. The Morgan fingerprint density at radius 2 is 0.920 bits per heavy atom. The van der Waals surface area contributed by atoms with Gasteiger partial charge in [-0.1, -0.05) is 102 Å². The molecule has 8 aromatic rings. The number of nitriles is 1. The summed E-state index contributed by atoms with van der Waals surface area (Å²) in [6.45, 7) is 13.1. The van der Waals surface area contributed by atoms with Crippen molar-refractivity contribution < 1.29 is 8.78 Å². The van der Waals surface area contributed by atoms with Gasteiger partial charge in [-0.25, -0.2) is 8.78 Å². The van der Waals surface area contributed by atoms with E-state index in [9.17, 15) is 5.26 Å². The molecule has 0 bridgehead atoms. The highest BCUT2D eigenvalue weighted by Gasteiger charge is 2.25. The first kappa shape index (κ1) is 31.5. The van der Waals surface area contributed by atoms with Crippen LogP contribution in [0.4, 0.5) is 8.78 Å². The van der Waals surface area contributed by atoms with Gasteiger partial charge in [0, 0.05) is 33.2 Å². The normalized spacial score (nSPS) is 12.4. The van der Waals surface area contributed by atoms with Crippen LogP contribution in [0, 0.1) is 23.0 Å². The molecule has 0 atom stereocenters. The van der Waals surface area contributed by atoms with Crippen LogP contribution in [0.2, 0.25) is 0 Å². The van der Waals surface area contributed by atoms with E-state index in [0.717, 1.165) is 60.8 Å². The Labute approximate surface area is 290 Å². The molecule has 246 valence electrons. The van der Waals surface area contributed by atoms with Crippen LogP contribution >= 0.6 is 0 Å². The lowest BCUT2D eigenvalue weighted by atomic mass is 9.86. The van der Waals surface area contributed by atoms with Crippen molar-refractivity contribution in [2.24, 2.45) is 0 Å². The van der Waals surface area contributed by atoms with Crippen molar-refractivity contribution in [3.8, 4) is 28.6 Å².